The number of nitrogens with two attached hydrogens (primary N) is 1. The lowest BCUT2D eigenvalue weighted by molar-refractivity contribution is -0.142. The first-order valence-electron chi connectivity index (χ1n) is 20.0. The molecule has 4 heterocycles. The van der Waals surface area contributed by atoms with Gasteiger partial charge in [0.05, 0.1) is 25.0 Å². The van der Waals surface area contributed by atoms with Gasteiger partial charge in [-0.1, -0.05) is 54.6 Å². The van der Waals surface area contributed by atoms with Crippen molar-refractivity contribution >= 4 is 11.8 Å². The minimum atomic E-state index is -0.206. The molecule has 2 amide bonds. The van der Waals surface area contributed by atoms with Crippen LogP contribution in [-0.4, -0.2) is 86.3 Å². The van der Waals surface area contributed by atoms with E-state index in [9.17, 15) is 18.4 Å². The molecule has 292 valence electrons. The van der Waals surface area contributed by atoms with Crippen molar-refractivity contribution in [3.63, 3.8) is 0 Å². The fourth-order valence-electron chi connectivity index (χ4n) is 8.66. The molecule has 4 fully saturated rings. The molecule has 0 radical (unpaired) electrons. The minimum Gasteiger partial charge on any atom is -0.380 e. The highest BCUT2D eigenvalue weighted by molar-refractivity contribution is 5.80. The largest absolute Gasteiger partial charge is 0.380 e. The van der Waals surface area contributed by atoms with Crippen molar-refractivity contribution in [3.05, 3.63) is 107 Å². The van der Waals surface area contributed by atoms with Crippen molar-refractivity contribution < 1.29 is 27.8 Å². The summed E-state index contributed by atoms with van der Waals surface area (Å²) in [6.07, 6.45) is 7.54. The van der Waals surface area contributed by atoms with Crippen LogP contribution >= 0.6 is 0 Å². The van der Waals surface area contributed by atoms with Gasteiger partial charge in [0.25, 0.3) is 0 Å². The third-order valence-corrected chi connectivity index (χ3v) is 11.7. The van der Waals surface area contributed by atoms with Gasteiger partial charge in [0.1, 0.15) is 11.6 Å². The first-order valence-corrected chi connectivity index (χ1v) is 20.0. The molecule has 3 N–H and O–H groups in total. The molecule has 4 aliphatic heterocycles. The number of likely N-dealkylation sites (tertiary alicyclic amines) is 2. The zero-order valence-electron chi connectivity index (χ0n) is 31.7. The van der Waals surface area contributed by atoms with Gasteiger partial charge in [-0.25, -0.2) is 8.78 Å². The van der Waals surface area contributed by atoms with Gasteiger partial charge in [-0.05, 0) is 111 Å². The number of hydrogen-bond donors (Lipinski definition) is 2. The van der Waals surface area contributed by atoms with E-state index in [1.165, 1.54) is 29.8 Å². The van der Waals surface area contributed by atoms with Crippen molar-refractivity contribution in [2.24, 2.45) is 29.4 Å². The van der Waals surface area contributed by atoms with Crippen LogP contribution in [0.4, 0.5) is 8.78 Å². The standard InChI is InChI=1S/C26H33FN2O2.C18H25FN2O2/c1-19(22-7-3-2-4-8-22)28-25-18-31-15-13-24(25)26(30)29-14-5-6-21(17-29)16-20-9-11-23(27)12-10-20;19-15-5-3-13(4-6-15)10-14-2-1-8-21(11-14)18(22)16-7-9-23-12-17(16)20/h2-4,7-12,19,21,24-25,28H,5-6,13-18H2,1H3;3-6,14,16-17H,1-2,7-12,20H2/t19-,21+,24-,25-;14-,16+,17+/m10/s1. The molecule has 7 rings (SSSR count). The van der Waals surface area contributed by atoms with Gasteiger partial charge in [0.15, 0.2) is 0 Å². The first-order chi connectivity index (χ1) is 26.2. The van der Waals surface area contributed by atoms with E-state index in [4.69, 9.17) is 15.2 Å². The number of halogens is 2. The normalized spacial score (nSPS) is 26.7. The van der Waals surface area contributed by atoms with Gasteiger partial charge in [0, 0.05) is 57.5 Å². The van der Waals surface area contributed by atoms with Gasteiger partial charge in [-0.3, -0.25) is 9.59 Å². The van der Waals surface area contributed by atoms with E-state index in [1.807, 2.05) is 47.4 Å². The molecule has 0 aliphatic carbocycles. The second-order valence-corrected chi connectivity index (χ2v) is 15.8. The van der Waals surface area contributed by atoms with Crippen LogP contribution in [0.2, 0.25) is 0 Å². The molecule has 3 aromatic carbocycles. The second-order valence-electron chi connectivity index (χ2n) is 15.8. The molecule has 10 heteroatoms. The average Bonchev–Trinajstić information content (AvgIpc) is 3.20. The number of nitrogens with one attached hydrogen (secondary N) is 1. The highest BCUT2D eigenvalue weighted by Crippen LogP contribution is 2.28. The van der Waals surface area contributed by atoms with Crippen LogP contribution in [-0.2, 0) is 31.9 Å². The van der Waals surface area contributed by atoms with Crippen molar-refractivity contribution in [1.29, 1.82) is 0 Å². The number of ether oxygens (including phenoxy) is 2. The van der Waals surface area contributed by atoms with Gasteiger partial charge in [0.2, 0.25) is 11.8 Å². The predicted molar refractivity (Wildman–Crippen MR) is 206 cm³/mol. The maximum atomic E-state index is 13.5. The lowest BCUT2D eigenvalue weighted by Gasteiger charge is -2.39. The number of carbonyl (C=O) groups is 2. The minimum absolute atomic E-state index is 0.0222. The number of carbonyl (C=O) groups excluding carboxylic acids is 2. The Balaban J connectivity index is 0.000000193. The molecule has 0 aromatic heterocycles. The van der Waals surface area contributed by atoms with Crippen LogP contribution < -0.4 is 11.1 Å². The average molecular weight is 745 g/mol. The third kappa shape index (κ3) is 11.2. The number of piperidine rings is 2. The number of benzene rings is 3. The smallest absolute Gasteiger partial charge is 0.227 e. The summed E-state index contributed by atoms with van der Waals surface area (Å²) in [6, 6.07) is 23.8. The summed E-state index contributed by atoms with van der Waals surface area (Å²) in [4.78, 5) is 30.3. The highest BCUT2D eigenvalue weighted by atomic mass is 19.1. The zero-order chi connectivity index (χ0) is 37.9. The van der Waals surface area contributed by atoms with Gasteiger partial charge in [-0.2, -0.15) is 0 Å². The fraction of sp³-hybridized carbons (Fsp3) is 0.545. The predicted octanol–water partition coefficient (Wildman–Crippen LogP) is 6.33. The molecule has 7 atom stereocenters. The van der Waals surface area contributed by atoms with E-state index in [1.54, 1.807) is 0 Å². The van der Waals surface area contributed by atoms with Crippen LogP contribution in [0, 0.1) is 35.3 Å². The Morgan fingerprint density at radius 1 is 0.722 bits per heavy atom. The summed E-state index contributed by atoms with van der Waals surface area (Å²) in [5.74, 6) is 0.744. The topological polar surface area (TPSA) is 97.1 Å². The van der Waals surface area contributed by atoms with Gasteiger partial charge >= 0.3 is 0 Å². The Morgan fingerprint density at radius 2 is 1.22 bits per heavy atom. The van der Waals surface area contributed by atoms with Crippen LogP contribution in [0.15, 0.2) is 78.9 Å². The van der Waals surface area contributed by atoms with Crippen molar-refractivity contribution in [2.45, 2.75) is 76.4 Å². The first kappa shape index (κ1) is 40.0. The molecule has 0 spiro atoms. The van der Waals surface area contributed by atoms with E-state index in [-0.39, 0.29) is 53.4 Å². The lowest BCUT2D eigenvalue weighted by Crippen LogP contribution is -2.53. The summed E-state index contributed by atoms with van der Waals surface area (Å²) in [7, 11) is 0. The monoisotopic (exact) mass is 744 g/mol. The van der Waals surface area contributed by atoms with E-state index in [2.05, 4.69) is 29.3 Å². The maximum absolute atomic E-state index is 13.5. The molecule has 4 saturated heterocycles. The Labute approximate surface area is 319 Å². The number of rotatable bonds is 9. The summed E-state index contributed by atoms with van der Waals surface area (Å²) in [6.45, 7) is 7.67. The molecule has 3 aromatic rings. The van der Waals surface area contributed by atoms with Crippen LogP contribution in [0.3, 0.4) is 0 Å². The molecular formula is C44H58F2N4O4. The SMILES string of the molecule is C[C@@H](N[C@@H]1COCC[C@H]1C(=O)N1CCC[C@@H](Cc2ccc(F)cc2)C1)c1ccccc1.N[C@@H]1COCC[C@H]1C(=O)N1CCC[C@@H](Cc2ccc(F)cc2)C1. The maximum Gasteiger partial charge on any atom is 0.227 e. The van der Waals surface area contributed by atoms with E-state index in [0.717, 1.165) is 88.7 Å². The summed E-state index contributed by atoms with van der Waals surface area (Å²) in [5, 5.41) is 3.65. The number of hydrogen-bond acceptors (Lipinski definition) is 6. The van der Waals surface area contributed by atoms with Gasteiger partial charge in [-0.15, -0.1) is 0 Å². The molecule has 54 heavy (non-hydrogen) atoms. The second kappa shape index (κ2) is 19.8. The molecule has 0 saturated carbocycles. The summed E-state index contributed by atoms with van der Waals surface area (Å²) >= 11 is 0. The number of amides is 2. The Kier molecular flexibility index (Phi) is 14.6. The molecule has 4 aliphatic rings. The number of nitrogens with zero attached hydrogens (tertiary/aromatic N) is 2. The lowest BCUT2D eigenvalue weighted by atomic mass is 9.88. The van der Waals surface area contributed by atoms with E-state index < -0.39 is 0 Å². The van der Waals surface area contributed by atoms with Crippen molar-refractivity contribution in [1.82, 2.24) is 15.1 Å². The van der Waals surface area contributed by atoms with Crippen LogP contribution in [0.25, 0.3) is 0 Å². The molecule has 0 bridgehead atoms. The Bertz CT molecular complexity index is 1610. The van der Waals surface area contributed by atoms with E-state index in [0.29, 0.717) is 38.3 Å². The Hall–Kier alpha value is -3.70. The van der Waals surface area contributed by atoms with Crippen LogP contribution in [0.5, 0.6) is 0 Å². The van der Waals surface area contributed by atoms with Crippen molar-refractivity contribution in [3.8, 4) is 0 Å². The van der Waals surface area contributed by atoms with Gasteiger partial charge < -0.3 is 30.3 Å². The zero-order valence-corrected chi connectivity index (χ0v) is 31.7. The highest BCUT2D eigenvalue weighted by Gasteiger charge is 2.37. The molecule has 8 nitrogen and oxygen atoms in total. The van der Waals surface area contributed by atoms with E-state index >= 15 is 0 Å². The van der Waals surface area contributed by atoms with Crippen LogP contribution in [0.1, 0.15) is 68.2 Å². The van der Waals surface area contributed by atoms with Crippen molar-refractivity contribution in [2.75, 3.05) is 52.6 Å². The fourth-order valence-corrected chi connectivity index (χ4v) is 8.66. The third-order valence-electron chi connectivity index (χ3n) is 11.7. The Morgan fingerprint density at radius 3 is 1.76 bits per heavy atom. The summed E-state index contributed by atoms with van der Waals surface area (Å²) < 4.78 is 37.3. The molecular weight excluding hydrogens is 687 g/mol. The summed E-state index contributed by atoms with van der Waals surface area (Å²) in [5.41, 5.74) is 9.54. The molecule has 0 unspecified atom stereocenters. The quantitative estimate of drug-likeness (QED) is 0.266.